The largest absolute Gasteiger partial charge is 0.469 e. The lowest BCUT2D eigenvalue weighted by atomic mass is 9.99. The highest BCUT2D eigenvalue weighted by Gasteiger charge is 2.20. The number of carbonyl (C=O) groups is 1. The first kappa shape index (κ1) is 12.2. The standard InChI is InChI=1S/C11H14BrNO2/c1-13-7-10(11(14)15-2)8-3-5-9(12)6-4-8/h3-6,10,13H,7H2,1-2H3. The predicted octanol–water partition coefficient (Wildman–Crippen LogP) is 1.93. The topological polar surface area (TPSA) is 38.3 Å². The van der Waals surface area contributed by atoms with Gasteiger partial charge in [-0.15, -0.1) is 0 Å². The summed E-state index contributed by atoms with van der Waals surface area (Å²) in [6.45, 7) is 0.578. The maximum Gasteiger partial charge on any atom is 0.314 e. The fourth-order valence-corrected chi connectivity index (χ4v) is 1.64. The summed E-state index contributed by atoms with van der Waals surface area (Å²) in [4.78, 5) is 11.5. The van der Waals surface area contributed by atoms with E-state index in [0.29, 0.717) is 6.54 Å². The minimum atomic E-state index is -0.243. The van der Waals surface area contributed by atoms with Gasteiger partial charge in [0.2, 0.25) is 0 Å². The first-order valence-electron chi connectivity index (χ1n) is 4.67. The molecule has 1 aromatic carbocycles. The average molecular weight is 272 g/mol. The van der Waals surface area contributed by atoms with Crippen molar-refractivity contribution >= 4 is 21.9 Å². The summed E-state index contributed by atoms with van der Waals surface area (Å²) in [5.74, 6) is -0.459. The van der Waals surface area contributed by atoms with Crippen LogP contribution in [0.15, 0.2) is 28.7 Å². The van der Waals surface area contributed by atoms with Crippen molar-refractivity contribution in [1.82, 2.24) is 5.32 Å². The molecular formula is C11H14BrNO2. The number of rotatable bonds is 4. The molecule has 1 unspecified atom stereocenters. The van der Waals surface area contributed by atoms with Crippen LogP contribution in [-0.4, -0.2) is 26.7 Å². The molecule has 0 spiro atoms. The minimum absolute atomic E-state index is 0.216. The van der Waals surface area contributed by atoms with Gasteiger partial charge in [0.05, 0.1) is 13.0 Å². The second-order valence-corrected chi connectivity index (χ2v) is 4.10. The van der Waals surface area contributed by atoms with E-state index in [-0.39, 0.29) is 11.9 Å². The van der Waals surface area contributed by atoms with E-state index in [9.17, 15) is 4.79 Å². The number of methoxy groups -OCH3 is 1. The molecule has 0 aliphatic rings. The molecule has 0 aromatic heterocycles. The van der Waals surface area contributed by atoms with Crippen LogP contribution in [0.1, 0.15) is 11.5 Å². The summed E-state index contributed by atoms with van der Waals surface area (Å²) in [7, 11) is 3.22. The highest BCUT2D eigenvalue weighted by Crippen LogP contribution is 2.19. The summed E-state index contributed by atoms with van der Waals surface area (Å²) in [6.07, 6.45) is 0. The Balaban J connectivity index is 2.88. The van der Waals surface area contributed by atoms with E-state index in [1.54, 1.807) is 0 Å². The Hall–Kier alpha value is -0.870. The fourth-order valence-electron chi connectivity index (χ4n) is 1.38. The van der Waals surface area contributed by atoms with Crippen molar-refractivity contribution in [3.8, 4) is 0 Å². The maximum absolute atomic E-state index is 11.5. The van der Waals surface area contributed by atoms with Gasteiger partial charge in [-0.25, -0.2) is 0 Å². The molecule has 1 aromatic rings. The first-order chi connectivity index (χ1) is 7.19. The van der Waals surface area contributed by atoms with Gasteiger partial charge >= 0.3 is 5.97 Å². The number of carbonyl (C=O) groups excluding carboxylic acids is 1. The normalized spacial score (nSPS) is 12.2. The molecule has 1 N–H and O–H groups in total. The summed E-state index contributed by atoms with van der Waals surface area (Å²) in [5, 5.41) is 2.98. The second kappa shape index (κ2) is 5.88. The molecule has 0 heterocycles. The molecule has 15 heavy (non-hydrogen) atoms. The average Bonchev–Trinajstić information content (AvgIpc) is 2.26. The molecule has 0 amide bonds. The Bertz CT molecular complexity index is 324. The van der Waals surface area contributed by atoms with Gasteiger partial charge in [0.1, 0.15) is 0 Å². The van der Waals surface area contributed by atoms with Crippen LogP contribution in [0, 0.1) is 0 Å². The lowest BCUT2D eigenvalue weighted by molar-refractivity contribution is -0.142. The monoisotopic (exact) mass is 271 g/mol. The van der Waals surface area contributed by atoms with E-state index >= 15 is 0 Å². The number of nitrogens with one attached hydrogen (secondary N) is 1. The van der Waals surface area contributed by atoms with Gasteiger partial charge in [-0.05, 0) is 24.7 Å². The van der Waals surface area contributed by atoms with E-state index in [4.69, 9.17) is 4.74 Å². The van der Waals surface area contributed by atoms with Crippen molar-refractivity contribution in [2.75, 3.05) is 20.7 Å². The number of halogens is 1. The van der Waals surface area contributed by atoms with Gasteiger partial charge in [-0.1, -0.05) is 28.1 Å². The molecule has 0 aliphatic heterocycles. The zero-order chi connectivity index (χ0) is 11.3. The van der Waals surface area contributed by atoms with Crippen LogP contribution in [0.4, 0.5) is 0 Å². The fraction of sp³-hybridized carbons (Fsp3) is 0.364. The van der Waals surface area contributed by atoms with Crippen LogP contribution in [-0.2, 0) is 9.53 Å². The SMILES string of the molecule is CNCC(C(=O)OC)c1ccc(Br)cc1. The Labute approximate surface area is 97.9 Å². The number of ether oxygens (including phenoxy) is 1. The lowest BCUT2D eigenvalue weighted by Gasteiger charge is -2.14. The van der Waals surface area contributed by atoms with Crippen LogP contribution in [0.2, 0.25) is 0 Å². The molecule has 0 saturated heterocycles. The van der Waals surface area contributed by atoms with Crippen molar-refractivity contribution in [2.45, 2.75) is 5.92 Å². The van der Waals surface area contributed by atoms with E-state index < -0.39 is 0 Å². The van der Waals surface area contributed by atoms with E-state index in [1.165, 1.54) is 7.11 Å². The van der Waals surface area contributed by atoms with Crippen LogP contribution in [0.5, 0.6) is 0 Å². The molecule has 82 valence electrons. The first-order valence-corrected chi connectivity index (χ1v) is 5.46. The second-order valence-electron chi connectivity index (χ2n) is 3.18. The van der Waals surface area contributed by atoms with E-state index in [2.05, 4.69) is 21.2 Å². The minimum Gasteiger partial charge on any atom is -0.469 e. The third kappa shape index (κ3) is 3.32. The van der Waals surface area contributed by atoms with E-state index in [1.807, 2.05) is 31.3 Å². The summed E-state index contributed by atoms with van der Waals surface area (Å²) >= 11 is 3.36. The summed E-state index contributed by atoms with van der Waals surface area (Å²) in [6, 6.07) is 7.67. The molecule has 0 bridgehead atoms. The molecule has 0 saturated carbocycles. The molecule has 3 nitrogen and oxygen atoms in total. The summed E-state index contributed by atoms with van der Waals surface area (Å²) < 4.78 is 5.76. The third-order valence-electron chi connectivity index (χ3n) is 2.17. The van der Waals surface area contributed by atoms with E-state index in [0.717, 1.165) is 10.0 Å². The van der Waals surface area contributed by atoms with Crippen LogP contribution in [0.3, 0.4) is 0 Å². The van der Waals surface area contributed by atoms with Gasteiger partial charge in [-0.2, -0.15) is 0 Å². The number of hydrogen-bond acceptors (Lipinski definition) is 3. The van der Waals surface area contributed by atoms with Crippen molar-refractivity contribution < 1.29 is 9.53 Å². The number of likely N-dealkylation sites (N-methyl/N-ethyl adjacent to an activating group) is 1. The molecule has 0 fully saturated rings. The van der Waals surface area contributed by atoms with Gasteiger partial charge in [-0.3, -0.25) is 4.79 Å². The Morgan fingerprint density at radius 3 is 2.53 bits per heavy atom. The molecule has 4 heteroatoms. The van der Waals surface area contributed by atoms with Crippen LogP contribution < -0.4 is 5.32 Å². The molecule has 0 aliphatic carbocycles. The Morgan fingerprint density at radius 1 is 1.47 bits per heavy atom. The summed E-state index contributed by atoms with van der Waals surface area (Å²) in [5.41, 5.74) is 0.958. The van der Waals surface area contributed by atoms with Crippen molar-refractivity contribution in [2.24, 2.45) is 0 Å². The highest BCUT2D eigenvalue weighted by atomic mass is 79.9. The van der Waals surface area contributed by atoms with Crippen molar-refractivity contribution in [1.29, 1.82) is 0 Å². The molecule has 1 rings (SSSR count). The number of benzene rings is 1. The zero-order valence-corrected chi connectivity index (χ0v) is 10.4. The molecular weight excluding hydrogens is 258 g/mol. The van der Waals surface area contributed by atoms with Gasteiger partial charge in [0, 0.05) is 11.0 Å². The van der Waals surface area contributed by atoms with Crippen LogP contribution >= 0.6 is 15.9 Å². The quantitative estimate of drug-likeness (QED) is 0.851. The molecule has 0 radical (unpaired) electrons. The zero-order valence-electron chi connectivity index (χ0n) is 8.79. The Kier molecular flexibility index (Phi) is 4.78. The lowest BCUT2D eigenvalue weighted by Crippen LogP contribution is -2.25. The highest BCUT2D eigenvalue weighted by molar-refractivity contribution is 9.10. The predicted molar refractivity (Wildman–Crippen MR) is 62.8 cm³/mol. The Morgan fingerprint density at radius 2 is 2.07 bits per heavy atom. The maximum atomic E-state index is 11.5. The van der Waals surface area contributed by atoms with Crippen molar-refractivity contribution in [3.63, 3.8) is 0 Å². The van der Waals surface area contributed by atoms with Crippen LogP contribution in [0.25, 0.3) is 0 Å². The van der Waals surface area contributed by atoms with Gasteiger partial charge in [0.15, 0.2) is 0 Å². The number of esters is 1. The van der Waals surface area contributed by atoms with Gasteiger partial charge in [0.25, 0.3) is 0 Å². The van der Waals surface area contributed by atoms with Crippen molar-refractivity contribution in [3.05, 3.63) is 34.3 Å². The third-order valence-corrected chi connectivity index (χ3v) is 2.69. The number of hydrogen-bond donors (Lipinski definition) is 1. The smallest absolute Gasteiger partial charge is 0.314 e. The molecule has 1 atom stereocenters. The van der Waals surface area contributed by atoms with Gasteiger partial charge < -0.3 is 10.1 Å².